The van der Waals surface area contributed by atoms with Crippen molar-refractivity contribution in [2.24, 2.45) is 0 Å². The Labute approximate surface area is 108 Å². The molecule has 0 radical (unpaired) electrons. The first-order valence-corrected chi connectivity index (χ1v) is 7.31. The van der Waals surface area contributed by atoms with Gasteiger partial charge in [-0.05, 0) is 6.42 Å². The summed E-state index contributed by atoms with van der Waals surface area (Å²) in [7, 11) is 1.63. The number of ketones is 1. The molecule has 0 aromatic carbocycles. The van der Waals surface area contributed by atoms with Crippen LogP contribution < -0.4 is 4.74 Å². The van der Waals surface area contributed by atoms with Gasteiger partial charge >= 0.3 is 0 Å². The minimum Gasteiger partial charge on any atom is -0.496 e. The highest BCUT2D eigenvalue weighted by Crippen LogP contribution is 2.23. The predicted molar refractivity (Wildman–Crippen MR) is 73.2 cm³/mol. The van der Waals surface area contributed by atoms with E-state index >= 15 is 0 Å². The van der Waals surface area contributed by atoms with Gasteiger partial charge in [0.1, 0.15) is 5.75 Å². The van der Waals surface area contributed by atoms with Crippen LogP contribution in [0.2, 0.25) is 0 Å². The van der Waals surface area contributed by atoms with Crippen LogP contribution in [-0.4, -0.2) is 12.9 Å². The molecular formula is C14H22O2S. The molecule has 0 aliphatic carbocycles. The molecule has 0 saturated heterocycles. The van der Waals surface area contributed by atoms with Crippen LogP contribution in [0.4, 0.5) is 0 Å². The predicted octanol–water partition coefficient (Wildman–Crippen LogP) is 4.69. The molecule has 0 atom stereocenters. The van der Waals surface area contributed by atoms with Gasteiger partial charge in [0.05, 0.1) is 12.0 Å². The molecule has 1 aromatic heterocycles. The number of ether oxygens (including phenoxy) is 1. The van der Waals surface area contributed by atoms with E-state index in [0.29, 0.717) is 6.42 Å². The van der Waals surface area contributed by atoms with Gasteiger partial charge in [0.2, 0.25) is 0 Å². The molecule has 2 nitrogen and oxygen atoms in total. The summed E-state index contributed by atoms with van der Waals surface area (Å²) in [5.74, 6) is 1.05. The Hall–Kier alpha value is -0.830. The highest BCUT2D eigenvalue weighted by molar-refractivity contribution is 7.12. The molecule has 1 heterocycles. The molecule has 96 valence electrons. The standard InChI is InChI=1S/C14H22O2S/c1-3-4-5-6-7-8-9-13(15)14-10-12(16-2)11-17-14/h10-11H,3-9H2,1-2H3. The van der Waals surface area contributed by atoms with Crippen LogP contribution in [0, 0.1) is 0 Å². The lowest BCUT2D eigenvalue weighted by molar-refractivity contribution is 0.0983. The molecule has 0 aliphatic rings. The number of Topliss-reactive ketones (excluding diaryl/α,β-unsaturated/α-hetero) is 1. The van der Waals surface area contributed by atoms with Crippen LogP contribution in [0.25, 0.3) is 0 Å². The Bertz CT molecular complexity index is 331. The summed E-state index contributed by atoms with van der Waals surface area (Å²) in [4.78, 5) is 12.6. The Morgan fingerprint density at radius 1 is 1.24 bits per heavy atom. The van der Waals surface area contributed by atoms with Gasteiger partial charge in [0.25, 0.3) is 0 Å². The molecule has 0 N–H and O–H groups in total. The van der Waals surface area contributed by atoms with Crippen LogP contribution >= 0.6 is 11.3 Å². The number of carbonyl (C=O) groups is 1. The lowest BCUT2D eigenvalue weighted by Gasteiger charge is -1.99. The molecule has 0 saturated carbocycles. The molecular weight excluding hydrogens is 232 g/mol. The van der Waals surface area contributed by atoms with Crippen molar-refractivity contribution in [3.05, 3.63) is 16.3 Å². The Morgan fingerprint density at radius 2 is 1.94 bits per heavy atom. The third-order valence-corrected chi connectivity index (χ3v) is 3.79. The quantitative estimate of drug-likeness (QED) is 0.472. The van der Waals surface area contributed by atoms with Crippen molar-refractivity contribution in [3.8, 4) is 5.75 Å². The lowest BCUT2D eigenvalue weighted by Crippen LogP contribution is -1.95. The number of thiophene rings is 1. The van der Waals surface area contributed by atoms with E-state index in [1.54, 1.807) is 7.11 Å². The van der Waals surface area contributed by atoms with Crippen molar-refractivity contribution >= 4 is 17.1 Å². The largest absolute Gasteiger partial charge is 0.496 e. The first kappa shape index (κ1) is 14.2. The number of hydrogen-bond acceptors (Lipinski definition) is 3. The normalized spacial score (nSPS) is 10.5. The van der Waals surface area contributed by atoms with Crippen molar-refractivity contribution < 1.29 is 9.53 Å². The first-order valence-electron chi connectivity index (χ1n) is 6.43. The summed E-state index contributed by atoms with van der Waals surface area (Å²) in [6.45, 7) is 2.22. The maximum atomic E-state index is 11.8. The SMILES string of the molecule is CCCCCCCCC(=O)c1cc(OC)cs1. The van der Waals surface area contributed by atoms with Gasteiger partial charge in [-0.1, -0.05) is 39.0 Å². The van der Waals surface area contributed by atoms with Gasteiger partial charge in [-0.15, -0.1) is 11.3 Å². The average Bonchev–Trinajstić information content (AvgIpc) is 2.82. The van der Waals surface area contributed by atoms with E-state index < -0.39 is 0 Å². The fourth-order valence-electron chi connectivity index (χ4n) is 1.76. The summed E-state index contributed by atoms with van der Waals surface area (Å²) < 4.78 is 5.07. The second-order valence-corrected chi connectivity index (χ2v) is 5.20. The number of rotatable bonds is 9. The van der Waals surface area contributed by atoms with Crippen molar-refractivity contribution in [1.29, 1.82) is 0 Å². The summed E-state index contributed by atoms with van der Waals surface area (Å²) in [6.07, 6.45) is 8.02. The van der Waals surface area contributed by atoms with Crippen molar-refractivity contribution in [3.63, 3.8) is 0 Å². The maximum absolute atomic E-state index is 11.8. The van der Waals surface area contributed by atoms with Crippen LogP contribution in [0.3, 0.4) is 0 Å². The van der Waals surface area contributed by atoms with Crippen LogP contribution in [0.1, 0.15) is 61.5 Å². The zero-order valence-corrected chi connectivity index (χ0v) is 11.6. The van der Waals surface area contributed by atoms with Gasteiger partial charge in [0.15, 0.2) is 5.78 Å². The maximum Gasteiger partial charge on any atom is 0.172 e. The molecule has 0 fully saturated rings. The molecule has 17 heavy (non-hydrogen) atoms. The van der Waals surface area contributed by atoms with Crippen LogP contribution in [0.15, 0.2) is 11.4 Å². The Balaban J connectivity index is 2.16. The minimum absolute atomic E-state index is 0.258. The lowest BCUT2D eigenvalue weighted by atomic mass is 10.1. The van der Waals surface area contributed by atoms with E-state index in [1.807, 2.05) is 11.4 Å². The summed E-state index contributed by atoms with van der Waals surface area (Å²) >= 11 is 1.48. The monoisotopic (exact) mass is 254 g/mol. The van der Waals surface area contributed by atoms with Crippen LogP contribution in [0.5, 0.6) is 5.75 Å². The average molecular weight is 254 g/mol. The molecule has 3 heteroatoms. The zero-order chi connectivity index (χ0) is 12.5. The van der Waals surface area contributed by atoms with Crippen molar-refractivity contribution in [2.75, 3.05) is 7.11 Å². The van der Waals surface area contributed by atoms with E-state index in [0.717, 1.165) is 17.0 Å². The number of carbonyl (C=O) groups excluding carboxylic acids is 1. The number of unbranched alkanes of at least 4 members (excludes halogenated alkanes) is 5. The molecule has 0 amide bonds. The van der Waals surface area contributed by atoms with Gasteiger partial charge in [-0.2, -0.15) is 0 Å². The number of methoxy groups -OCH3 is 1. The molecule has 0 bridgehead atoms. The van der Waals surface area contributed by atoms with E-state index in [1.165, 1.54) is 43.4 Å². The van der Waals surface area contributed by atoms with E-state index in [4.69, 9.17) is 4.74 Å². The van der Waals surface area contributed by atoms with Gasteiger partial charge in [-0.25, -0.2) is 0 Å². The summed E-state index contributed by atoms with van der Waals surface area (Å²) in [5, 5.41) is 1.88. The van der Waals surface area contributed by atoms with Crippen LogP contribution in [-0.2, 0) is 0 Å². The summed E-state index contributed by atoms with van der Waals surface area (Å²) in [6, 6.07) is 1.84. The Kier molecular flexibility index (Phi) is 6.94. The fourth-order valence-corrected chi connectivity index (χ4v) is 2.59. The van der Waals surface area contributed by atoms with Gasteiger partial charge < -0.3 is 4.74 Å². The third kappa shape index (κ3) is 5.35. The summed E-state index contributed by atoms with van der Waals surface area (Å²) in [5.41, 5.74) is 0. The van der Waals surface area contributed by atoms with E-state index in [9.17, 15) is 4.79 Å². The van der Waals surface area contributed by atoms with Gasteiger partial charge in [0, 0.05) is 17.9 Å². The highest BCUT2D eigenvalue weighted by atomic mass is 32.1. The Morgan fingerprint density at radius 3 is 2.59 bits per heavy atom. The van der Waals surface area contributed by atoms with E-state index in [-0.39, 0.29) is 5.78 Å². The molecule has 0 unspecified atom stereocenters. The van der Waals surface area contributed by atoms with Gasteiger partial charge in [-0.3, -0.25) is 4.79 Å². The third-order valence-electron chi connectivity index (χ3n) is 2.84. The molecule has 1 rings (SSSR count). The first-order chi connectivity index (χ1) is 8.27. The number of hydrogen-bond donors (Lipinski definition) is 0. The smallest absolute Gasteiger partial charge is 0.172 e. The second kappa shape index (κ2) is 8.29. The highest BCUT2D eigenvalue weighted by Gasteiger charge is 2.08. The molecule has 0 spiro atoms. The van der Waals surface area contributed by atoms with Crippen molar-refractivity contribution in [2.45, 2.75) is 51.9 Å². The van der Waals surface area contributed by atoms with E-state index in [2.05, 4.69) is 6.92 Å². The second-order valence-electron chi connectivity index (χ2n) is 4.29. The minimum atomic E-state index is 0.258. The fraction of sp³-hybridized carbons (Fsp3) is 0.643. The van der Waals surface area contributed by atoms with Crippen molar-refractivity contribution in [1.82, 2.24) is 0 Å². The molecule has 0 aliphatic heterocycles. The molecule has 1 aromatic rings. The topological polar surface area (TPSA) is 26.3 Å². The zero-order valence-electron chi connectivity index (χ0n) is 10.8.